The third-order valence-corrected chi connectivity index (χ3v) is 13.9. The lowest BCUT2D eigenvalue weighted by Gasteiger charge is -2.13. The van der Waals surface area contributed by atoms with Crippen molar-refractivity contribution in [2.24, 2.45) is 0 Å². The van der Waals surface area contributed by atoms with Gasteiger partial charge in [0.15, 0.2) is 17.5 Å². The monoisotopic (exact) mass is 836 g/mol. The molecule has 5 heterocycles. The minimum Gasteiger partial charge on any atom is -0.456 e. The van der Waals surface area contributed by atoms with Gasteiger partial charge in [-0.2, -0.15) is 0 Å². The fraction of sp³-hybridized carbons (Fsp3) is 0. The SMILES string of the molecule is c1ccc(-c2nc(-c3cccc4c3oc3ccccc34)nc(-c3cccc4oc5ccc(-c6ccc(-n7c8ccccc8c8ccccc87)c7sc8ccccc8c67)cc5c34)n2)cc1. The van der Waals surface area contributed by atoms with E-state index in [0.717, 1.165) is 66.1 Å². The van der Waals surface area contributed by atoms with Crippen molar-refractivity contribution < 1.29 is 8.83 Å². The second-order valence-corrected chi connectivity index (χ2v) is 17.3. The summed E-state index contributed by atoms with van der Waals surface area (Å²) in [6.45, 7) is 0. The van der Waals surface area contributed by atoms with E-state index in [0.29, 0.717) is 17.5 Å². The van der Waals surface area contributed by atoms with E-state index in [1.807, 2.05) is 84.1 Å². The fourth-order valence-corrected chi connectivity index (χ4v) is 11.1. The zero-order chi connectivity index (χ0) is 41.9. The molecule has 5 aromatic heterocycles. The van der Waals surface area contributed by atoms with Crippen molar-refractivity contribution in [2.75, 3.05) is 0 Å². The molecule has 9 aromatic carbocycles. The molecule has 14 rings (SSSR count). The van der Waals surface area contributed by atoms with Crippen molar-refractivity contribution in [3.05, 3.63) is 194 Å². The molecule has 0 aliphatic rings. The summed E-state index contributed by atoms with van der Waals surface area (Å²) in [7, 11) is 0. The zero-order valence-electron chi connectivity index (χ0n) is 34.0. The van der Waals surface area contributed by atoms with Crippen molar-refractivity contribution >= 4 is 97.2 Å². The van der Waals surface area contributed by atoms with Gasteiger partial charge in [0, 0.05) is 58.9 Å². The van der Waals surface area contributed by atoms with E-state index in [1.54, 1.807) is 0 Å². The molecule has 0 saturated carbocycles. The quantitative estimate of drug-likeness (QED) is 0.173. The Labute approximate surface area is 368 Å². The van der Waals surface area contributed by atoms with Gasteiger partial charge < -0.3 is 13.4 Å². The normalized spacial score (nSPS) is 12.1. The third-order valence-electron chi connectivity index (χ3n) is 12.7. The van der Waals surface area contributed by atoms with Crippen LogP contribution in [0.15, 0.2) is 203 Å². The van der Waals surface area contributed by atoms with Crippen LogP contribution in [0.2, 0.25) is 0 Å². The number of hydrogen-bond donors (Lipinski definition) is 0. The molecule has 0 radical (unpaired) electrons. The number of hydrogen-bond acceptors (Lipinski definition) is 6. The van der Waals surface area contributed by atoms with Crippen molar-refractivity contribution in [3.8, 4) is 51.0 Å². The summed E-state index contributed by atoms with van der Waals surface area (Å²) < 4.78 is 18.1. The predicted octanol–water partition coefficient (Wildman–Crippen LogP) is 15.8. The standard InChI is InChI=1S/C57H32N4O2S/c1-2-14-33(15-3-1)55-58-56(60-57(59-55)42-22-12-20-39-38-18-6-10-25-47(38)63-53(39)42)41-21-13-26-49-51(41)43-32-34(28-31-48(43)62-49)35-29-30-46(54-52(35)40-19-7-11-27-50(40)64-54)61-44-23-8-4-16-36(44)37-17-5-9-24-45(37)61/h1-32H. The van der Waals surface area contributed by atoms with Crippen molar-refractivity contribution in [1.29, 1.82) is 0 Å². The Bertz CT molecular complexity index is 4160. The summed E-state index contributed by atoms with van der Waals surface area (Å²) in [4.78, 5) is 15.6. The number of nitrogens with zero attached hydrogens (tertiary/aromatic N) is 4. The Morgan fingerprint density at radius 1 is 0.375 bits per heavy atom. The lowest BCUT2D eigenvalue weighted by Crippen LogP contribution is -2.00. The van der Waals surface area contributed by atoms with Crippen LogP contribution in [0.3, 0.4) is 0 Å². The molecule has 64 heavy (non-hydrogen) atoms. The molecular formula is C57H32N4O2S. The topological polar surface area (TPSA) is 69.9 Å². The van der Waals surface area contributed by atoms with Crippen LogP contribution >= 0.6 is 11.3 Å². The summed E-state index contributed by atoms with van der Waals surface area (Å²) >= 11 is 1.85. The van der Waals surface area contributed by atoms with Crippen LogP contribution in [-0.4, -0.2) is 19.5 Å². The summed E-state index contributed by atoms with van der Waals surface area (Å²) in [6, 6.07) is 67.9. The predicted molar refractivity (Wildman–Crippen MR) is 263 cm³/mol. The molecule has 0 amide bonds. The molecule has 6 nitrogen and oxygen atoms in total. The average molecular weight is 837 g/mol. The van der Waals surface area contributed by atoms with Gasteiger partial charge in [0.2, 0.25) is 0 Å². The van der Waals surface area contributed by atoms with Gasteiger partial charge in [-0.1, -0.05) is 140 Å². The lowest BCUT2D eigenvalue weighted by molar-refractivity contribution is 0.668. The van der Waals surface area contributed by atoms with Gasteiger partial charge in [-0.25, -0.2) is 15.0 Å². The van der Waals surface area contributed by atoms with E-state index in [9.17, 15) is 0 Å². The first-order chi connectivity index (χ1) is 31.7. The summed E-state index contributed by atoms with van der Waals surface area (Å²) in [5.74, 6) is 1.67. The molecule has 0 atom stereocenters. The fourth-order valence-electron chi connectivity index (χ4n) is 9.85. The van der Waals surface area contributed by atoms with Gasteiger partial charge in [-0.3, -0.25) is 0 Å². The third kappa shape index (κ3) is 5.16. The van der Waals surface area contributed by atoms with E-state index in [2.05, 4.69) is 126 Å². The van der Waals surface area contributed by atoms with Crippen LogP contribution in [0.1, 0.15) is 0 Å². The van der Waals surface area contributed by atoms with Crippen LogP contribution in [0.5, 0.6) is 0 Å². The molecule has 14 aromatic rings. The Hall–Kier alpha value is -8.39. The van der Waals surface area contributed by atoms with E-state index in [1.165, 1.54) is 53.2 Å². The van der Waals surface area contributed by atoms with Crippen LogP contribution in [-0.2, 0) is 0 Å². The number of fused-ring (bicyclic) bond motifs is 12. The number of para-hydroxylation sites is 4. The first-order valence-electron chi connectivity index (χ1n) is 21.3. The maximum atomic E-state index is 6.63. The molecule has 0 spiro atoms. The van der Waals surface area contributed by atoms with E-state index < -0.39 is 0 Å². The summed E-state index contributed by atoms with van der Waals surface area (Å²) in [6.07, 6.45) is 0. The van der Waals surface area contributed by atoms with Gasteiger partial charge in [0.05, 0.1) is 27.0 Å². The maximum Gasteiger partial charge on any atom is 0.167 e. The van der Waals surface area contributed by atoms with E-state index >= 15 is 0 Å². The van der Waals surface area contributed by atoms with Gasteiger partial charge in [0.25, 0.3) is 0 Å². The van der Waals surface area contributed by atoms with Crippen LogP contribution in [0.4, 0.5) is 0 Å². The Morgan fingerprint density at radius 3 is 1.83 bits per heavy atom. The molecule has 0 aliphatic carbocycles. The molecule has 0 saturated heterocycles. The Morgan fingerprint density at radius 2 is 1.00 bits per heavy atom. The molecule has 0 N–H and O–H groups in total. The molecule has 0 unspecified atom stereocenters. The number of aromatic nitrogens is 4. The summed E-state index contributed by atoms with van der Waals surface area (Å²) in [5, 5.41) is 8.98. The van der Waals surface area contributed by atoms with Crippen molar-refractivity contribution in [1.82, 2.24) is 19.5 Å². The van der Waals surface area contributed by atoms with Gasteiger partial charge in [0.1, 0.15) is 22.3 Å². The van der Waals surface area contributed by atoms with Gasteiger partial charge in [-0.05, 0) is 65.7 Å². The van der Waals surface area contributed by atoms with E-state index in [-0.39, 0.29) is 0 Å². The zero-order valence-corrected chi connectivity index (χ0v) is 34.8. The minimum atomic E-state index is 0.536. The smallest absolute Gasteiger partial charge is 0.167 e. The van der Waals surface area contributed by atoms with Gasteiger partial charge >= 0.3 is 0 Å². The molecule has 7 heteroatoms. The number of thiophene rings is 1. The molecule has 0 bridgehead atoms. The highest BCUT2D eigenvalue weighted by Crippen LogP contribution is 2.47. The first kappa shape index (κ1) is 35.2. The Kier molecular flexibility index (Phi) is 7.46. The highest BCUT2D eigenvalue weighted by Gasteiger charge is 2.23. The van der Waals surface area contributed by atoms with Crippen LogP contribution in [0.25, 0.3) is 137 Å². The highest BCUT2D eigenvalue weighted by molar-refractivity contribution is 7.26. The van der Waals surface area contributed by atoms with Gasteiger partial charge in [-0.15, -0.1) is 11.3 Å². The second kappa shape index (κ2) is 13.6. The number of furan rings is 2. The van der Waals surface area contributed by atoms with E-state index in [4.69, 9.17) is 23.8 Å². The number of benzene rings is 9. The first-order valence-corrected chi connectivity index (χ1v) is 22.2. The summed E-state index contributed by atoms with van der Waals surface area (Å²) in [5.41, 5.74) is 11.5. The number of rotatable bonds is 5. The molecular weight excluding hydrogens is 805 g/mol. The molecule has 298 valence electrons. The lowest BCUT2D eigenvalue weighted by atomic mass is 9.96. The molecule has 0 fully saturated rings. The average Bonchev–Trinajstić information content (AvgIpc) is 4.13. The Balaban J connectivity index is 0.994. The highest BCUT2D eigenvalue weighted by atomic mass is 32.1. The van der Waals surface area contributed by atoms with Crippen molar-refractivity contribution in [3.63, 3.8) is 0 Å². The molecule has 0 aliphatic heterocycles. The largest absolute Gasteiger partial charge is 0.456 e. The van der Waals surface area contributed by atoms with Crippen molar-refractivity contribution in [2.45, 2.75) is 0 Å². The van der Waals surface area contributed by atoms with Crippen LogP contribution < -0.4 is 0 Å². The minimum absolute atomic E-state index is 0.536. The van der Waals surface area contributed by atoms with Crippen LogP contribution in [0, 0.1) is 0 Å². The maximum absolute atomic E-state index is 6.63. The second-order valence-electron chi connectivity index (χ2n) is 16.2.